The quantitative estimate of drug-likeness (QED) is 0.810. The van der Waals surface area contributed by atoms with Crippen LogP contribution in [0.2, 0.25) is 5.02 Å². The first kappa shape index (κ1) is 12.3. The van der Waals surface area contributed by atoms with Gasteiger partial charge in [0.15, 0.2) is 0 Å². The second-order valence-corrected chi connectivity index (χ2v) is 4.60. The predicted molar refractivity (Wildman–Crippen MR) is 65.4 cm³/mol. The molecule has 1 aromatic carbocycles. The molecular formula is C12H18ClNO. The van der Waals surface area contributed by atoms with Gasteiger partial charge in [0.1, 0.15) is 0 Å². The molecule has 1 rings (SSSR count). The summed E-state index contributed by atoms with van der Waals surface area (Å²) in [5, 5.41) is 13.2. The smallest absolute Gasteiger partial charge is 0.0632 e. The molecule has 1 aromatic rings. The van der Waals surface area contributed by atoms with E-state index in [2.05, 4.69) is 19.2 Å². The van der Waals surface area contributed by atoms with Crippen LogP contribution in [0.5, 0.6) is 0 Å². The van der Waals surface area contributed by atoms with Gasteiger partial charge in [0.25, 0.3) is 0 Å². The maximum atomic E-state index is 9.21. The highest BCUT2D eigenvalue weighted by atomic mass is 35.5. The Labute approximate surface area is 96.3 Å². The number of rotatable bonds is 5. The molecule has 0 aliphatic rings. The Morgan fingerprint density at radius 1 is 1.40 bits per heavy atom. The minimum absolute atomic E-state index is 0.100. The van der Waals surface area contributed by atoms with Gasteiger partial charge < -0.3 is 10.4 Å². The topological polar surface area (TPSA) is 32.3 Å². The highest BCUT2D eigenvalue weighted by Crippen LogP contribution is 2.17. The number of aliphatic hydroxyl groups is 1. The van der Waals surface area contributed by atoms with Crippen molar-refractivity contribution in [3.05, 3.63) is 29.3 Å². The third-order valence-electron chi connectivity index (χ3n) is 2.17. The van der Waals surface area contributed by atoms with Gasteiger partial charge in [-0.2, -0.15) is 0 Å². The van der Waals surface area contributed by atoms with Gasteiger partial charge in [-0.1, -0.05) is 31.5 Å². The fourth-order valence-corrected chi connectivity index (χ4v) is 1.75. The Morgan fingerprint density at radius 3 is 2.67 bits per heavy atom. The normalized spacial score (nSPS) is 12.9. The zero-order chi connectivity index (χ0) is 11.3. The molecule has 1 atom stereocenters. The molecule has 2 nitrogen and oxygen atoms in total. The van der Waals surface area contributed by atoms with Crippen molar-refractivity contribution >= 4 is 17.3 Å². The zero-order valence-corrected chi connectivity index (χ0v) is 9.96. The Hall–Kier alpha value is -0.730. The summed E-state index contributed by atoms with van der Waals surface area (Å²) in [7, 11) is 0. The molecule has 15 heavy (non-hydrogen) atoms. The van der Waals surface area contributed by atoms with E-state index in [1.807, 2.05) is 24.3 Å². The molecule has 0 heterocycles. The van der Waals surface area contributed by atoms with Crippen molar-refractivity contribution in [1.29, 1.82) is 0 Å². The number of aliphatic hydroxyl groups excluding tert-OH is 1. The van der Waals surface area contributed by atoms with Gasteiger partial charge in [-0.05, 0) is 30.5 Å². The summed E-state index contributed by atoms with van der Waals surface area (Å²) in [5.74, 6) is 0.564. The molecule has 3 heteroatoms. The molecule has 0 aliphatic carbocycles. The van der Waals surface area contributed by atoms with E-state index in [1.165, 1.54) is 0 Å². The van der Waals surface area contributed by atoms with Crippen LogP contribution in [0.1, 0.15) is 20.3 Å². The predicted octanol–water partition coefficient (Wildman–Crippen LogP) is 3.16. The van der Waals surface area contributed by atoms with Crippen LogP contribution < -0.4 is 5.32 Å². The Morgan fingerprint density at radius 2 is 2.13 bits per heavy atom. The summed E-state index contributed by atoms with van der Waals surface area (Å²) < 4.78 is 0. The molecule has 0 saturated carbocycles. The summed E-state index contributed by atoms with van der Waals surface area (Å²) in [6.45, 7) is 4.43. The van der Waals surface area contributed by atoms with Crippen LogP contribution in [0.25, 0.3) is 0 Å². The summed E-state index contributed by atoms with van der Waals surface area (Å²) in [5.41, 5.74) is 0.960. The first-order chi connectivity index (χ1) is 7.11. The lowest BCUT2D eigenvalue weighted by atomic mass is 10.0. The molecule has 0 bridgehead atoms. The van der Waals surface area contributed by atoms with Crippen molar-refractivity contribution in [3.63, 3.8) is 0 Å². The number of nitrogens with one attached hydrogen (secondary N) is 1. The van der Waals surface area contributed by atoms with Crippen LogP contribution in [0, 0.1) is 5.92 Å². The number of benzene rings is 1. The number of anilines is 1. The van der Waals surface area contributed by atoms with Crippen molar-refractivity contribution in [3.8, 4) is 0 Å². The van der Waals surface area contributed by atoms with Crippen molar-refractivity contribution < 1.29 is 5.11 Å². The summed E-state index contributed by atoms with van der Waals surface area (Å²) >= 11 is 5.87. The van der Waals surface area contributed by atoms with Crippen molar-refractivity contribution in [2.75, 3.05) is 11.9 Å². The lowest BCUT2D eigenvalue weighted by Gasteiger charge is -2.19. The standard InChI is InChI=1S/C12H18ClNO/c1-9(2)6-12(8-15)14-11-5-3-4-10(13)7-11/h3-5,7,9,12,14-15H,6,8H2,1-2H3. The molecule has 0 fully saturated rings. The molecule has 0 saturated heterocycles. The van der Waals surface area contributed by atoms with Gasteiger partial charge in [-0.25, -0.2) is 0 Å². The SMILES string of the molecule is CC(C)CC(CO)Nc1cccc(Cl)c1. The van der Waals surface area contributed by atoms with E-state index in [9.17, 15) is 5.11 Å². The molecule has 0 spiro atoms. The molecule has 2 N–H and O–H groups in total. The fourth-order valence-electron chi connectivity index (χ4n) is 1.56. The minimum Gasteiger partial charge on any atom is -0.394 e. The summed E-state index contributed by atoms with van der Waals surface area (Å²) in [4.78, 5) is 0. The van der Waals surface area contributed by atoms with Crippen LogP contribution >= 0.6 is 11.6 Å². The van der Waals surface area contributed by atoms with Crippen LogP contribution in [-0.4, -0.2) is 17.8 Å². The Bertz CT molecular complexity index is 301. The van der Waals surface area contributed by atoms with E-state index < -0.39 is 0 Å². The van der Waals surface area contributed by atoms with E-state index >= 15 is 0 Å². The molecule has 84 valence electrons. The van der Waals surface area contributed by atoms with Gasteiger partial charge in [0.2, 0.25) is 0 Å². The second kappa shape index (κ2) is 5.99. The van der Waals surface area contributed by atoms with Crippen molar-refractivity contribution in [2.45, 2.75) is 26.3 Å². The Kier molecular flexibility index (Phi) is 4.92. The zero-order valence-electron chi connectivity index (χ0n) is 9.20. The van der Waals surface area contributed by atoms with E-state index in [0.29, 0.717) is 10.9 Å². The molecular weight excluding hydrogens is 210 g/mol. The largest absolute Gasteiger partial charge is 0.394 e. The molecule has 1 unspecified atom stereocenters. The third kappa shape index (κ3) is 4.54. The van der Waals surface area contributed by atoms with Gasteiger partial charge >= 0.3 is 0 Å². The van der Waals surface area contributed by atoms with Gasteiger partial charge in [0.05, 0.1) is 6.61 Å². The van der Waals surface area contributed by atoms with Crippen LogP contribution in [0.15, 0.2) is 24.3 Å². The highest BCUT2D eigenvalue weighted by Gasteiger charge is 2.09. The van der Waals surface area contributed by atoms with E-state index in [1.54, 1.807) is 0 Å². The van der Waals surface area contributed by atoms with Crippen molar-refractivity contribution in [1.82, 2.24) is 0 Å². The summed E-state index contributed by atoms with van der Waals surface area (Å²) in [6.07, 6.45) is 0.947. The van der Waals surface area contributed by atoms with Gasteiger partial charge in [0, 0.05) is 16.8 Å². The maximum absolute atomic E-state index is 9.21. The van der Waals surface area contributed by atoms with Crippen molar-refractivity contribution in [2.24, 2.45) is 5.92 Å². The molecule has 0 aromatic heterocycles. The number of halogens is 1. The minimum atomic E-state index is 0.100. The lowest BCUT2D eigenvalue weighted by molar-refractivity contribution is 0.259. The van der Waals surface area contributed by atoms with Gasteiger partial charge in [-0.3, -0.25) is 0 Å². The first-order valence-electron chi connectivity index (χ1n) is 5.24. The lowest BCUT2D eigenvalue weighted by Crippen LogP contribution is -2.25. The number of hydrogen-bond donors (Lipinski definition) is 2. The molecule has 0 aliphatic heterocycles. The van der Waals surface area contributed by atoms with Gasteiger partial charge in [-0.15, -0.1) is 0 Å². The molecule has 0 amide bonds. The number of hydrogen-bond acceptors (Lipinski definition) is 2. The monoisotopic (exact) mass is 227 g/mol. The second-order valence-electron chi connectivity index (χ2n) is 4.16. The third-order valence-corrected chi connectivity index (χ3v) is 2.41. The van der Waals surface area contributed by atoms with E-state index in [4.69, 9.17) is 11.6 Å². The van der Waals surface area contributed by atoms with E-state index in [-0.39, 0.29) is 12.6 Å². The van der Waals surface area contributed by atoms with Crippen LogP contribution in [0.4, 0.5) is 5.69 Å². The average molecular weight is 228 g/mol. The maximum Gasteiger partial charge on any atom is 0.0632 e. The molecule has 0 radical (unpaired) electrons. The fraction of sp³-hybridized carbons (Fsp3) is 0.500. The van der Waals surface area contributed by atoms with Crippen LogP contribution in [0.3, 0.4) is 0 Å². The average Bonchev–Trinajstić information content (AvgIpc) is 2.16. The van der Waals surface area contributed by atoms with Crippen LogP contribution in [-0.2, 0) is 0 Å². The highest BCUT2D eigenvalue weighted by molar-refractivity contribution is 6.30. The summed E-state index contributed by atoms with van der Waals surface area (Å²) in [6, 6.07) is 7.65. The Balaban J connectivity index is 2.58. The first-order valence-corrected chi connectivity index (χ1v) is 5.62. The van der Waals surface area contributed by atoms with E-state index in [0.717, 1.165) is 12.1 Å².